The first-order chi connectivity index (χ1) is 13.5. The molecule has 0 heterocycles. The highest BCUT2D eigenvalue weighted by atomic mass is 35.5. The Hall–Kier alpha value is -1.32. The second-order valence-electron chi connectivity index (χ2n) is 7.54. The summed E-state index contributed by atoms with van der Waals surface area (Å²) in [7, 11) is 0. The summed E-state index contributed by atoms with van der Waals surface area (Å²) in [5.41, 5.74) is 0.944. The van der Waals surface area contributed by atoms with Crippen molar-refractivity contribution in [2.45, 2.75) is 45.6 Å². The van der Waals surface area contributed by atoms with Crippen LogP contribution in [-0.2, 0) is 0 Å². The minimum atomic E-state index is -0.555. The first-order valence-electron chi connectivity index (χ1n) is 10.2. The van der Waals surface area contributed by atoms with E-state index in [1.807, 2.05) is 36.4 Å². The lowest BCUT2D eigenvalue weighted by Crippen LogP contribution is -2.30. The third-order valence-corrected chi connectivity index (χ3v) is 5.82. The summed E-state index contributed by atoms with van der Waals surface area (Å²) < 4.78 is 0. The lowest BCUT2D eigenvalue weighted by molar-refractivity contribution is 0.112. The van der Waals surface area contributed by atoms with Crippen LogP contribution in [0.3, 0.4) is 0 Å². The Labute approximate surface area is 178 Å². The number of nitrogens with zero attached hydrogens (tertiary/aromatic N) is 1. The molecule has 0 fully saturated rings. The van der Waals surface area contributed by atoms with Gasteiger partial charge in [0.1, 0.15) is 0 Å². The molecule has 0 aromatic heterocycles. The summed E-state index contributed by atoms with van der Waals surface area (Å²) in [6.07, 6.45) is 4.07. The van der Waals surface area contributed by atoms with Crippen molar-refractivity contribution in [3.05, 3.63) is 58.1 Å². The molecule has 0 aliphatic carbocycles. The second kappa shape index (κ2) is 9.93. The molecule has 1 N–H and O–H groups in total. The van der Waals surface area contributed by atoms with E-state index in [0.29, 0.717) is 16.6 Å². The van der Waals surface area contributed by atoms with Crippen LogP contribution in [0.4, 0.5) is 0 Å². The number of unbranched alkanes of at least 4 members (excludes halogenated alkanes) is 2. The lowest BCUT2D eigenvalue weighted by Gasteiger charge is -2.26. The molecule has 1 unspecified atom stereocenters. The van der Waals surface area contributed by atoms with E-state index in [4.69, 9.17) is 23.2 Å². The Kier molecular flexibility index (Phi) is 7.59. The van der Waals surface area contributed by atoms with Gasteiger partial charge in [-0.25, -0.2) is 0 Å². The van der Waals surface area contributed by atoms with Crippen LogP contribution < -0.4 is 0 Å². The highest BCUT2D eigenvalue weighted by Gasteiger charge is 2.17. The average Bonchev–Trinajstić information content (AvgIpc) is 2.68. The van der Waals surface area contributed by atoms with Crippen molar-refractivity contribution in [2.24, 2.45) is 0 Å². The zero-order valence-electron chi connectivity index (χ0n) is 16.7. The molecule has 0 saturated heterocycles. The number of hydrogen-bond donors (Lipinski definition) is 1. The minimum Gasteiger partial charge on any atom is -0.387 e. The molecule has 1 atom stereocenters. The first kappa shape index (κ1) is 21.4. The van der Waals surface area contributed by atoms with Crippen LogP contribution in [0, 0.1) is 0 Å². The monoisotopic (exact) mass is 417 g/mol. The standard InChI is InChI=1S/C24H29Cl2NO/c1-3-5-11-27(12-6-4-2)16-24(28)23-14-17-13-18(25)7-9-20(17)22-15-19(26)8-10-21(22)23/h7-10,13-15,24,28H,3-6,11-12,16H2,1-2H3. The van der Waals surface area contributed by atoms with E-state index in [-0.39, 0.29) is 0 Å². The van der Waals surface area contributed by atoms with E-state index >= 15 is 0 Å². The SMILES string of the molecule is CCCCN(CCCC)CC(O)c1cc2cc(Cl)ccc2c2cc(Cl)ccc12. The van der Waals surface area contributed by atoms with Crippen molar-refractivity contribution in [1.29, 1.82) is 0 Å². The van der Waals surface area contributed by atoms with E-state index in [1.54, 1.807) is 0 Å². The average molecular weight is 418 g/mol. The van der Waals surface area contributed by atoms with Crippen LogP contribution in [0.2, 0.25) is 10.0 Å². The maximum absolute atomic E-state index is 11.2. The maximum atomic E-state index is 11.2. The molecular weight excluding hydrogens is 389 g/mol. The van der Waals surface area contributed by atoms with E-state index in [0.717, 1.165) is 65.9 Å². The van der Waals surface area contributed by atoms with Gasteiger partial charge in [-0.1, -0.05) is 62.0 Å². The predicted octanol–water partition coefficient (Wildman–Crippen LogP) is 7.24. The minimum absolute atomic E-state index is 0.555. The van der Waals surface area contributed by atoms with Gasteiger partial charge in [0.05, 0.1) is 6.10 Å². The Balaban J connectivity index is 2.01. The maximum Gasteiger partial charge on any atom is 0.0923 e. The number of fused-ring (bicyclic) bond motifs is 3. The third kappa shape index (κ3) is 4.99. The Morgan fingerprint density at radius 3 is 2.07 bits per heavy atom. The second-order valence-corrected chi connectivity index (χ2v) is 8.42. The van der Waals surface area contributed by atoms with Crippen LogP contribution in [0.15, 0.2) is 42.5 Å². The number of aliphatic hydroxyl groups excluding tert-OH is 1. The van der Waals surface area contributed by atoms with E-state index in [2.05, 4.69) is 24.8 Å². The molecule has 3 aromatic rings. The molecule has 3 rings (SSSR count). The number of halogens is 2. The summed E-state index contributed by atoms with van der Waals surface area (Å²) in [6, 6.07) is 13.9. The van der Waals surface area contributed by atoms with Gasteiger partial charge in [-0.05, 0) is 83.4 Å². The van der Waals surface area contributed by atoms with Gasteiger partial charge in [0.25, 0.3) is 0 Å². The lowest BCUT2D eigenvalue weighted by atomic mass is 9.94. The number of aliphatic hydroxyl groups is 1. The highest BCUT2D eigenvalue weighted by molar-refractivity contribution is 6.33. The van der Waals surface area contributed by atoms with E-state index < -0.39 is 6.10 Å². The fraction of sp³-hybridized carbons (Fsp3) is 0.417. The van der Waals surface area contributed by atoms with Gasteiger partial charge >= 0.3 is 0 Å². The fourth-order valence-corrected chi connectivity index (χ4v) is 4.16. The quantitative estimate of drug-likeness (QED) is 0.370. The predicted molar refractivity (Wildman–Crippen MR) is 123 cm³/mol. The molecule has 0 aliphatic heterocycles. The molecule has 2 nitrogen and oxygen atoms in total. The van der Waals surface area contributed by atoms with Gasteiger partial charge in [-0.3, -0.25) is 0 Å². The molecule has 4 heteroatoms. The molecule has 0 bridgehead atoms. The van der Waals surface area contributed by atoms with Gasteiger partial charge in [0, 0.05) is 16.6 Å². The number of rotatable bonds is 9. The van der Waals surface area contributed by atoms with Gasteiger partial charge in [0.2, 0.25) is 0 Å². The molecule has 0 saturated carbocycles. The molecule has 0 radical (unpaired) electrons. The van der Waals surface area contributed by atoms with Crippen molar-refractivity contribution >= 4 is 44.7 Å². The third-order valence-electron chi connectivity index (χ3n) is 5.35. The summed E-state index contributed by atoms with van der Waals surface area (Å²) in [5, 5.41) is 16.8. The number of hydrogen-bond acceptors (Lipinski definition) is 2. The normalized spacial score (nSPS) is 12.9. The molecule has 28 heavy (non-hydrogen) atoms. The molecular formula is C24H29Cl2NO. The zero-order chi connectivity index (χ0) is 20.1. The van der Waals surface area contributed by atoms with Gasteiger partial charge in [-0.2, -0.15) is 0 Å². The van der Waals surface area contributed by atoms with Crippen LogP contribution >= 0.6 is 23.2 Å². The van der Waals surface area contributed by atoms with Crippen molar-refractivity contribution < 1.29 is 5.11 Å². The molecule has 0 spiro atoms. The van der Waals surface area contributed by atoms with Crippen molar-refractivity contribution in [3.8, 4) is 0 Å². The fourth-order valence-electron chi connectivity index (χ4n) is 3.81. The smallest absolute Gasteiger partial charge is 0.0923 e. The van der Waals surface area contributed by atoms with Gasteiger partial charge in [0.15, 0.2) is 0 Å². The number of benzene rings is 3. The summed E-state index contributed by atoms with van der Waals surface area (Å²) in [4.78, 5) is 2.39. The van der Waals surface area contributed by atoms with Crippen molar-refractivity contribution in [3.63, 3.8) is 0 Å². The Morgan fingerprint density at radius 2 is 1.43 bits per heavy atom. The zero-order valence-corrected chi connectivity index (χ0v) is 18.2. The Bertz CT molecular complexity index is 933. The van der Waals surface area contributed by atoms with Crippen LogP contribution in [0.25, 0.3) is 21.5 Å². The molecule has 0 aliphatic rings. The van der Waals surface area contributed by atoms with Crippen LogP contribution in [-0.4, -0.2) is 29.6 Å². The largest absolute Gasteiger partial charge is 0.387 e. The van der Waals surface area contributed by atoms with E-state index in [9.17, 15) is 5.11 Å². The highest BCUT2D eigenvalue weighted by Crippen LogP contribution is 2.35. The van der Waals surface area contributed by atoms with Gasteiger partial charge < -0.3 is 10.0 Å². The van der Waals surface area contributed by atoms with Crippen molar-refractivity contribution in [1.82, 2.24) is 4.90 Å². The topological polar surface area (TPSA) is 23.5 Å². The summed E-state index contributed by atoms with van der Waals surface area (Å²) >= 11 is 12.5. The van der Waals surface area contributed by atoms with Crippen molar-refractivity contribution in [2.75, 3.05) is 19.6 Å². The summed E-state index contributed by atoms with van der Waals surface area (Å²) in [6.45, 7) is 7.11. The first-order valence-corrected chi connectivity index (χ1v) is 11.0. The van der Waals surface area contributed by atoms with Crippen LogP contribution in [0.1, 0.15) is 51.2 Å². The molecule has 150 valence electrons. The molecule has 3 aromatic carbocycles. The summed E-state index contributed by atoms with van der Waals surface area (Å²) in [5.74, 6) is 0. The van der Waals surface area contributed by atoms with Crippen LogP contribution in [0.5, 0.6) is 0 Å². The Morgan fingerprint density at radius 1 is 0.821 bits per heavy atom. The van der Waals surface area contributed by atoms with Gasteiger partial charge in [-0.15, -0.1) is 0 Å². The molecule has 0 amide bonds. The van der Waals surface area contributed by atoms with E-state index in [1.165, 1.54) is 0 Å².